The van der Waals surface area contributed by atoms with Crippen molar-refractivity contribution < 1.29 is 14.3 Å². The zero-order valence-corrected chi connectivity index (χ0v) is 19.8. The predicted molar refractivity (Wildman–Crippen MR) is 133 cm³/mol. The average Bonchev–Trinajstić information content (AvgIpc) is 3.49. The van der Waals surface area contributed by atoms with Crippen molar-refractivity contribution in [1.82, 2.24) is 14.5 Å². The first-order valence-electron chi connectivity index (χ1n) is 11.3. The van der Waals surface area contributed by atoms with E-state index in [0.717, 1.165) is 48.3 Å². The van der Waals surface area contributed by atoms with Gasteiger partial charge in [0.2, 0.25) is 5.17 Å². The minimum absolute atomic E-state index is 0.0508. The first-order chi connectivity index (χ1) is 16.6. The van der Waals surface area contributed by atoms with Crippen molar-refractivity contribution in [3.05, 3.63) is 53.9 Å². The standard InChI is InChI=1S/C24H26N6O3S/c1-32-18-8-5-9-19(16-18)33-14-13-28-12-6-7-17(28)15-20-21(25)30-23(26-22(20)31)34-24(27-30)29-10-3-2-4-11-29/h5-9,12,15-16,25H,2-4,10-11,13-14H2,1H3/b20-15-,25-21?. The highest BCUT2D eigenvalue weighted by atomic mass is 32.2. The third-order valence-corrected chi connectivity index (χ3v) is 6.84. The van der Waals surface area contributed by atoms with Gasteiger partial charge in [0.1, 0.15) is 18.1 Å². The zero-order valence-electron chi connectivity index (χ0n) is 18.9. The van der Waals surface area contributed by atoms with Crippen LogP contribution in [-0.2, 0) is 11.3 Å². The number of hydrogen-bond acceptors (Lipinski definition) is 7. The van der Waals surface area contributed by atoms with Gasteiger partial charge in [0.25, 0.3) is 5.91 Å². The number of aliphatic imine (C=N–C) groups is 1. The molecule has 1 N–H and O–H groups in total. The van der Waals surface area contributed by atoms with Crippen LogP contribution in [0.25, 0.3) is 6.08 Å². The van der Waals surface area contributed by atoms with Crippen LogP contribution in [0.3, 0.4) is 0 Å². The normalized spacial score (nSPS) is 19.3. The third-order valence-electron chi connectivity index (χ3n) is 5.87. The molecular formula is C24H26N6O3S. The summed E-state index contributed by atoms with van der Waals surface area (Å²) in [6.45, 7) is 2.92. The van der Waals surface area contributed by atoms with E-state index in [-0.39, 0.29) is 11.4 Å². The number of methoxy groups -OCH3 is 1. The lowest BCUT2D eigenvalue weighted by molar-refractivity contribution is -0.114. The van der Waals surface area contributed by atoms with E-state index >= 15 is 0 Å². The van der Waals surface area contributed by atoms with Gasteiger partial charge in [-0.2, -0.15) is 10.0 Å². The summed E-state index contributed by atoms with van der Waals surface area (Å²) >= 11 is 1.37. The van der Waals surface area contributed by atoms with Crippen molar-refractivity contribution in [2.45, 2.75) is 25.8 Å². The number of piperidine rings is 1. The molecule has 0 aliphatic carbocycles. The quantitative estimate of drug-likeness (QED) is 0.637. The number of carbonyl (C=O) groups is 1. The summed E-state index contributed by atoms with van der Waals surface area (Å²) < 4.78 is 13.1. The SMILES string of the molecule is COc1cccc(OCCn2cccc2/C=C2/C(=N)N3N=C(N4CCCCC4)SC3=NC2=O)c1. The van der Waals surface area contributed by atoms with Gasteiger partial charge >= 0.3 is 0 Å². The topological polar surface area (TPSA) is 95.5 Å². The summed E-state index contributed by atoms with van der Waals surface area (Å²) in [5.41, 5.74) is 1.02. The molecule has 176 valence electrons. The first kappa shape index (κ1) is 22.3. The van der Waals surface area contributed by atoms with E-state index in [1.54, 1.807) is 13.2 Å². The Balaban J connectivity index is 1.29. The minimum atomic E-state index is -0.417. The number of hydrazone groups is 1. The molecule has 3 aliphatic rings. The Kier molecular flexibility index (Phi) is 6.39. The molecule has 0 saturated carbocycles. The number of aromatic nitrogens is 1. The fourth-order valence-electron chi connectivity index (χ4n) is 4.06. The Morgan fingerprint density at radius 1 is 1.12 bits per heavy atom. The number of rotatable bonds is 6. The van der Waals surface area contributed by atoms with Crippen LogP contribution < -0.4 is 9.47 Å². The molecule has 0 radical (unpaired) electrons. The molecule has 1 fully saturated rings. The monoisotopic (exact) mass is 478 g/mol. The molecule has 3 aliphatic heterocycles. The Bertz CT molecular complexity index is 1190. The Morgan fingerprint density at radius 3 is 2.76 bits per heavy atom. The van der Waals surface area contributed by atoms with Crippen LogP contribution in [0.2, 0.25) is 0 Å². The molecule has 34 heavy (non-hydrogen) atoms. The van der Waals surface area contributed by atoms with Crippen molar-refractivity contribution >= 4 is 39.9 Å². The van der Waals surface area contributed by atoms with Crippen LogP contribution in [0.15, 0.2) is 58.3 Å². The summed E-state index contributed by atoms with van der Waals surface area (Å²) in [5, 5.41) is 16.0. The molecule has 0 atom stereocenters. The van der Waals surface area contributed by atoms with Gasteiger partial charge in [-0.3, -0.25) is 10.2 Å². The van der Waals surface area contributed by atoms with Crippen molar-refractivity contribution in [1.29, 1.82) is 5.41 Å². The fourth-order valence-corrected chi connectivity index (χ4v) is 5.00. The van der Waals surface area contributed by atoms with E-state index in [1.165, 1.54) is 23.2 Å². The van der Waals surface area contributed by atoms with Crippen molar-refractivity contribution in [2.75, 3.05) is 26.8 Å². The van der Waals surface area contributed by atoms with Crippen molar-refractivity contribution in [2.24, 2.45) is 10.1 Å². The van der Waals surface area contributed by atoms with Crippen LogP contribution in [-0.4, -0.2) is 63.4 Å². The third kappa shape index (κ3) is 4.58. The molecule has 5 rings (SSSR count). The summed E-state index contributed by atoms with van der Waals surface area (Å²) in [7, 11) is 1.62. The molecule has 0 spiro atoms. The predicted octanol–water partition coefficient (Wildman–Crippen LogP) is 3.64. The molecule has 2 aromatic rings. The van der Waals surface area contributed by atoms with E-state index in [0.29, 0.717) is 18.3 Å². The molecule has 9 nitrogen and oxygen atoms in total. The number of likely N-dealkylation sites (tertiary alicyclic amines) is 1. The number of carbonyl (C=O) groups excluding carboxylic acids is 1. The molecule has 0 bridgehead atoms. The summed E-state index contributed by atoms with van der Waals surface area (Å²) in [4.78, 5) is 19.2. The largest absolute Gasteiger partial charge is 0.497 e. The summed E-state index contributed by atoms with van der Waals surface area (Å²) in [6, 6.07) is 11.3. The maximum absolute atomic E-state index is 12.8. The van der Waals surface area contributed by atoms with Crippen LogP contribution in [0.1, 0.15) is 25.0 Å². The van der Waals surface area contributed by atoms with Gasteiger partial charge in [0.05, 0.1) is 19.2 Å². The van der Waals surface area contributed by atoms with Crippen LogP contribution in [0.4, 0.5) is 0 Å². The fraction of sp³-hybridized carbons (Fsp3) is 0.333. The maximum atomic E-state index is 12.8. The number of thioether (sulfide) groups is 1. The van der Waals surface area contributed by atoms with Crippen LogP contribution in [0.5, 0.6) is 11.5 Å². The van der Waals surface area contributed by atoms with E-state index in [1.807, 2.05) is 47.2 Å². The molecule has 1 aromatic carbocycles. The second kappa shape index (κ2) is 9.76. The highest BCUT2D eigenvalue weighted by molar-refractivity contribution is 8.26. The highest BCUT2D eigenvalue weighted by Gasteiger charge is 2.37. The number of fused-ring (bicyclic) bond motifs is 1. The van der Waals surface area contributed by atoms with Gasteiger partial charge in [0.15, 0.2) is 11.0 Å². The Labute approximate surface area is 202 Å². The number of nitrogens with one attached hydrogen (secondary N) is 1. The highest BCUT2D eigenvalue weighted by Crippen LogP contribution is 2.30. The molecular weight excluding hydrogens is 452 g/mol. The molecule has 10 heteroatoms. The number of ether oxygens (including phenoxy) is 2. The average molecular weight is 479 g/mol. The van der Waals surface area contributed by atoms with Crippen molar-refractivity contribution in [3.63, 3.8) is 0 Å². The molecule has 1 saturated heterocycles. The smallest absolute Gasteiger partial charge is 0.283 e. The first-order valence-corrected chi connectivity index (χ1v) is 12.1. The second-order valence-corrected chi connectivity index (χ2v) is 9.04. The van der Waals surface area contributed by atoms with E-state index < -0.39 is 5.91 Å². The number of amides is 1. The number of hydrogen-bond donors (Lipinski definition) is 1. The van der Waals surface area contributed by atoms with Crippen LogP contribution in [0, 0.1) is 5.41 Å². The van der Waals surface area contributed by atoms with Gasteiger partial charge in [-0.25, -0.2) is 0 Å². The summed E-state index contributed by atoms with van der Waals surface area (Å²) in [6.07, 6.45) is 7.11. The van der Waals surface area contributed by atoms with Gasteiger partial charge in [-0.05, 0) is 61.4 Å². The number of amidine groups is 3. The van der Waals surface area contributed by atoms with Gasteiger partial charge in [-0.15, -0.1) is 5.10 Å². The second-order valence-electron chi connectivity index (χ2n) is 8.10. The van der Waals surface area contributed by atoms with Gasteiger partial charge < -0.3 is 18.9 Å². The maximum Gasteiger partial charge on any atom is 0.283 e. The molecule has 0 unspecified atom stereocenters. The number of nitrogens with zero attached hydrogens (tertiary/aromatic N) is 5. The van der Waals surface area contributed by atoms with E-state index in [4.69, 9.17) is 14.9 Å². The number of benzene rings is 1. The van der Waals surface area contributed by atoms with E-state index in [2.05, 4.69) is 15.0 Å². The minimum Gasteiger partial charge on any atom is -0.497 e. The Morgan fingerprint density at radius 2 is 1.94 bits per heavy atom. The Hall–Kier alpha value is -3.53. The summed E-state index contributed by atoms with van der Waals surface area (Å²) in [5.74, 6) is 1.10. The lowest BCUT2D eigenvalue weighted by atomic mass is 10.1. The van der Waals surface area contributed by atoms with Gasteiger partial charge in [-0.1, -0.05) is 6.07 Å². The molecule has 1 amide bonds. The van der Waals surface area contributed by atoms with Crippen LogP contribution >= 0.6 is 11.8 Å². The molecule has 1 aromatic heterocycles. The lowest BCUT2D eigenvalue weighted by Crippen LogP contribution is -2.35. The van der Waals surface area contributed by atoms with E-state index in [9.17, 15) is 4.79 Å². The molecule has 4 heterocycles. The lowest BCUT2D eigenvalue weighted by Gasteiger charge is -2.26. The van der Waals surface area contributed by atoms with Crippen molar-refractivity contribution in [3.8, 4) is 11.5 Å². The van der Waals surface area contributed by atoms with Gasteiger partial charge in [0, 0.05) is 31.0 Å². The zero-order chi connectivity index (χ0) is 23.5.